The topological polar surface area (TPSA) is 61.6 Å². The Kier molecular flexibility index (Phi) is 6.56. The largest absolute Gasteiger partial charge is 0.494 e. The Morgan fingerprint density at radius 3 is 2.35 bits per heavy atom. The lowest BCUT2D eigenvalue weighted by molar-refractivity contribution is -0.386. The van der Waals surface area contributed by atoms with E-state index in [0.717, 1.165) is 11.0 Å². The fourth-order valence-electron chi connectivity index (χ4n) is 2.98. The number of hydrogen-bond donors (Lipinski definition) is 0. The van der Waals surface area contributed by atoms with E-state index in [9.17, 15) is 10.1 Å². The molecule has 2 aromatic rings. The van der Waals surface area contributed by atoms with Crippen molar-refractivity contribution in [2.24, 2.45) is 5.41 Å². The van der Waals surface area contributed by atoms with Gasteiger partial charge < -0.3 is 9.31 Å². The van der Waals surface area contributed by atoms with E-state index in [1.54, 1.807) is 18.2 Å². The number of nitro benzene ring substituents is 1. The molecule has 0 aromatic heterocycles. The van der Waals surface area contributed by atoms with Crippen LogP contribution in [0.2, 0.25) is 0 Å². The van der Waals surface area contributed by atoms with Crippen LogP contribution in [0.5, 0.6) is 0 Å². The van der Waals surface area contributed by atoms with Gasteiger partial charge in [0, 0.05) is 18.1 Å². The van der Waals surface area contributed by atoms with Crippen LogP contribution in [0.15, 0.2) is 48.5 Å². The monoisotopic (exact) mass is 355 g/mol. The first kappa shape index (κ1) is 20.1. The third-order valence-electron chi connectivity index (χ3n) is 4.34. The number of para-hydroxylation sites is 1. The highest BCUT2D eigenvalue weighted by Gasteiger charge is 2.44. The van der Waals surface area contributed by atoms with Gasteiger partial charge in [0.05, 0.1) is 16.6 Å². The molecular formula is C20H26BNO4. The van der Waals surface area contributed by atoms with Gasteiger partial charge in [0.15, 0.2) is 0 Å². The fraction of sp³-hybridized carbons (Fsp3) is 0.400. The van der Waals surface area contributed by atoms with E-state index >= 15 is 0 Å². The van der Waals surface area contributed by atoms with Crippen molar-refractivity contribution < 1.29 is 14.2 Å². The molecule has 1 atom stereocenters. The van der Waals surface area contributed by atoms with Crippen LogP contribution in [-0.4, -0.2) is 18.6 Å². The quantitative estimate of drug-likeness (QED) is 0.464. The van der Waals surface area contributed by atoms with Crippen LogP contribution in [0, 0.1) is 22.5 Å². The minimum absolute atomic E-state index is 0.0835. The standard InChI is InChI=1S/C18H20BNO4.C2H6/c1-13-8-10-14(11-9-13)19-23-12-18(2,3)17(24-19)15-6-4-5-7-16(15)20(21)22;1-2/h4-11,17H,12H2,1-3H3;1-2H3. The highest BCUT2D eigenvalue weighted by molar-refractivity contribution is 6.61. The van der Waals surface area contributed by atoms with Crippen molar-refractivity contribution >= 4 is 18.3 Å². The zero-order valence-corrected chi connectivity index (χ0v) is 16.1. The summed E-state index contributed by atoms with van der Waals surface area (Å²) >= 11 is 0. The molecule has 1 aliphatic heterocycles. The van der Waals surface area contributed by atoms with Gasteiger partial charge in [0.1, 0.15) is 0 Å². The predicted octanol–water partition coefficient (Wildman–Crippen LogP) is 4.44. The van der Waals surface area contributed by atoms with Crippen LogP contribution in [-0.2, 0) is 9.31 Å². The number of rotatable bonds is 3. The van der Waals surface area contributed by atoms with Gasteiger partial charge in [-0.3, -0.25) is 10.1 Å². The lowest BCUT2D eigenvalue weighted by Crippen LogP contribution is -2.49. The average Bonchev–Trinajstić information content (AvgIpc) is 2.64. The summed E-state index contributed by atoms with van der Waals surface area (Å²) in [6, 6.07) is 14.7. The van der Waals surface area contributed by atoms with Crippen molar-refractivity contribution in [3.05, 3.63) is 69.8 Å². The lowest BCUT2D eigenvalue weighted by Gasteiger charge is -2.41. The van der Waals surface area contributed by atoms with Crippen LogP contribution in [0.4, 0.5) is 5.69 Å². The fourth-order valence-corrected chi connectivity index (χ4v) is 2.98. The molecule has 6 heteroatoms. The maximum atomic E-state index is 11.4. The normalized spacial score (nSPS) is 18.7. The van der Waals surface area contributed by atoms with Gasteiger partial charge in [-0.15, -0.1) is 0 Å². The first-order chi connectivity index (χ1) is 12.4. The van der Waals surface area contributed by atoms with Gasteiger partial charge in [-0.2, -0.15) is 0 Å². The van der Waals surface area contributed by atoms with Crippen molar-refractivity contribution in [1.82, 2.24) is 0 Å². The SMILES string of the molecule is CC.Cc1ccc(B2OCC(C)(C)C(c3ccccc3[N+](=O)[O-])O2)cc1. The number of benzene rings is 2. The lowest BCUT2D eigenvalue weighted by atomic mass is 9.72. The van der Waals surface area contributed by atoms with Gasteiger partial charge in [0.2, 0.25) is 0 Å². The molecule has 1 heterocycles. The smallest absolute Gasteiger partial charge is 0.407 e. The molecule has 0 spiro atoms. The van der Waals surface area contributed by atoms with Gasteiger partial charge in [-0.1, -0.05) is 69.7 Å². The van der Waals surface area contributed by atoms with Crippen molar-refractivity contribution in [3.63, 3.8) is 0 Å². The molecule has 5 nitrogen and oxygen atoms in total. The summed E-state index contributed by atoms with van der Waals surface area (Å²) in [5, 5.41) is 11.4. The minimum Gasteiger partial charge on any atom is -0.407 e. The van der Waals surface area contributed by atoms with Crippen LogP contribution in [0.3, 0.4) is 0 Å². The van der Waals surface area contributed by atoms with Crippen LogP contribution in [0.1, 0.15) is 44.9 Å². The second-order valence-corrected chi connectivity index (χ2v) is 6.87. The van der Waals surface area contributed by atoms with E-state index < -0.39 is 13.2 Å². The van der Waals surface area contributed by atoms with E-state index in [-0.39, 0.29) is 16.0 Å². The van der Waals surface area contributed by atoms with Crippen molar-refractivity contribution in [2.75, 3.05) is 6.61 Å². The molecule has 0 aliphatic carbocycles. The molecule has 1 aliphatic rings. The summed E-state index contributed by atoms with van der Waals surface area (Å²) in [6.45, 7) is 10.5. The number of hydrogen-bond acceptors (Lipinski definition) is 4. The zero-order valence-electron chi connectivity index (χ0n) is 16.1. The van der Waals surface area contributed by atoms with E-state index in [2.05, 4.69) is 0 Å². The van der Waals surface area contributed by atoms with Crippen molar-refractivity contribution in [2.45, 2.75) is 40.7 Å². The van der Waals surface area contributed by atoms with Crippen molar-refractivity contribution in [3.8, 4) is 0 Å². The first-order valence-electron chi connectivity index (χ1n) is 8.95. The third kappa shape index (κ3) is 4.32. The Morgan fingerprint density at radius 1 is 1.12 bits per heavy atom. The molecule has 0 N–H and O–H groups in total. The van der Waals surface area contributed by atoms with E-state index in [0.29, 0.717) is 12.2 Å². The average molecular weight is 355 g/mol. The summed E-state index contributed by atoms with van der Waals surface area (Å²) in [7, 11) is -0.525. The molecule has 138 valence electrons. The highest BCUT2D eigenvalue weighted by atomic mass is 16.6. The molecule has 0 amide bonds. The molecule has 0 bridgehead atoms. The van der Waals surface area contributed by atoms with E-state index in [1.807, 2.05) is 58.9 Å². The summed E-state index contributed by atoms with van der Waals surface area (Å²) in [5.74, 6) is 0. The zero-order chi connectivity index (χ0) is 19.3. The molecular weight excluding hydrogens is 329 g/mol. The molecule has 1 unspecified atom stereocenters. The number of nitro groups is 1. The second kappa shape index (κ2) is 8.47. The Labute approximate surface area is 155 Å². The second-order valence-electron chi connectivity index (χ2n) is 6.87. The van der Waals surface area contributed by atoms with Gasteiger partial charge in [-0.05, 0) is 18.5 Å². The van der Waals surface area contributed by atoms with Crippen LogP contribution in [0.25, 0.3) is 0 Å². The van der Waals surface area contributed by atoms with Gasteiger partial charge in [-0.25, -0.2) is 0 Å². The van der Waals surface area contributed by atoms with E-state index in [4.69, 9.17) is 9.31 Å². The third-order valence-corrected chi connectivity index (χ3v) is 4.34. The molecule has 26 heavy (non-hydrogen) atoms. The Morgan fingerprint density at radius 2 is 1.73 bits per heavy atom. The maximum absolute atomic E-state index is 11.4. The molecule has 1 fully saturated rings. The summed E-state index contributed by atoms with van der Waals surface area (Å²) in [5.41, 5.74) is 2.38. The minimum atomic E-state index is -0.525. The first-order valence-corrected chi connectivity index (χ1v) is 8.95. The van der Waals surface area contributed by atoms with Gasteiger partial charge >= 0.3 is 7.12 Å². The number of nitrogens with zero attached hydrogens (tertiary/aromatic N) is 1. The molecule has 0 saturated carbocycles. The maximum Gasteiger partial charge on any atom is 0.494 e. The summed E-state index contributed by atoms with van der Waals surface area (Å²) in [4.78, 5) is 11.0. The van der Waals surface area contributed by atoms with Gasteiger partial charge in [0.25, 0.3) is 5.69 Å². The van der Waals surface area contributed by atoms with E-state index in [1.165, 1.54) is 6.07 Å². The Balaban J connectivity index is 0.00000117. The molecule has 3 rings (SSSR count). The van der Waals surface area contributed by atoms with Crippen LogP contribution < -0.4 is 5.46 Å². The Bertz CT molecular complexity index is 746. The highest BCUT2D eigenvalue weighted by Crippen LogP contribution is 2.43. The Hall–Kier alpha value is -2.18. The molecule has 0 radical (unpaired) electrons. The molecule has 2 aromatic carbocycles. The summed E-state index contributed by atoms with van der Waals surface area (Å²) < 4.78 is 12.1. The van der Waals surface area contributed by atoms with Crippen molar-refractivity contribution in [1.29, 1.82) is 0 Å². The molecule has 1 saturated heterocycles. The summed E-state index contributed by atoms with van der Waals surface area (Å²) in [6.07, 6.45) is -0.417. The number of aryl methyl sites for hydroxylation is 1. The van der Waals surface area contributed by atoms with Crippen LogP contribution >= 0.6 is 0 Å². The predicted molar refractivity (Wildman–Crippen MR) is 105 cm³/mol.